The van der Waals surface area contributed by atoms with Gasteiger partial charge in [0.1, 0.15) is 0 Å². The van der Waals surface area contributed by atoms with Crippen molar-refractivity contribution >= 4 is 28.6 Å². The lowest BCUT2D eigenvalue weighted by Crippen LogP contribution is -2.06. The molecular formula is C13H14ClNS. The monoisotopic (exact) mass is 251 g/mol. The molecule has 0 spiro atoms. The van der Waals surface area contributed by atoms with Gasteiger partial charge in [0.05, 0.1) is 6.04 Å². The minimum Gasteiger partial charge on any atom is -0.377 e. The summed E-state index contributed by atoms with van der Waals surface area (Å²) in [6.07, 6.45) is 0. The zero-order valence-electron chi connectivity index (χ0n) is 9.33. The van der Waals surface area contributed by atoms with E-state index in [1.807, 2.05) is 19.1 Å². The summed E-state index contributed by atoms with van der Waals surface area (Å²) in [5.41, 5.74) is 2.21. The number of benzene rings is 1. The minimum atomic E-state index is 0.317. The molecule has 0 bridgehead atoms. The van der Waals surface area contributed by atoms with Crippen LogP contribution in [0, 0.1) is 6.92 Å². The highest BCUT2D eigenvalue weighted by atomic mass is 35.5. The molecule has 16 heavy (non-hydrogen) atoms. The molecule has 1 nitrogen and oxygen atoms in total. The maximum Gasteiger partial charge on any atom is 0.0578 e. The Morgan fingerprint density at radius 2 is 2.06 bits per heavy atom. The van der Waals surface area contributed by atoms with E-state index >= 15 is 0 Å². The van der Waals surface area contributed by atoms with Crippen LogP contribution in [0.15, 0.2) is 35.7 Å². The Morgan fingerprint density at radius 1 is 1.25 bits per heavy atom. The van der Waals surface area contributed by atoms with Crippen molar-refractivity contribution in [3.05, 3.63) is 51.2 Å². The van der Waals surface area contributed by atoms with E-state index in [0.29, 0.717) is 6.04 Å². The van der Waals surface area contributed by atoms with Gasteiger partial charge in [0.15, 0.2) is 0 Å². The topological polar surface area (TPSA) is 12.0 Å². The summed E-state index contributed by atoms with van der Waals surface area (Å²) in [6.45, 7) is 4.19. The van der Waals surface area contributed by atoms with Crippen LogP contribution in [0.1, 0.15) is 23.4 Å². The number of hydrogen-bond acceptors (Lipinski definition) is 2. The quantitative estimate of drug-likeness (QED) is 0.820. The summed E-state index contributed by atoms with van der Waals surface area (Å²) in [5, 5.41) is 6.38. The largest absolute Gasteiger partial charge is 0.377 e. The van der Waals surface area contributed by atoms with Crippen molar-refractivity contribution in [1.29, 1.82) is 0 Å². The van der Waals surface area contributed by atoms with Crippen LogP contribution in [0.3, 0.4) is 0 Å². The van der Waals surface area contributed by atoms with Crippen molar-refractivity contribution in [1.82, 2.24) is 0 Å². The molecule has 1 N–H and O–H groups in total. The summed E-state index contributed by atoms with van der Waals surface area (Å²) in [4.78, 5) is 1.33. The second-order valence-corrected chi connectivity index (χ2v) is 5.18. The smallest absolute Gasteiger partial charge is 0.0578 e. The van der Waals surface area contributed by atoms with Crippen LogP contribution in [0.5, 0.6) is 0 Å². The Morgan fingerprint density at radius 3 is 2.75 bits per heavy atom. The predicted octanol–water partition coefficient (Wildman–Crippen LogP) is 4.88. The van der Waals surface area contributed by atoms with Gasteiger partial charge >= 0.3 is 0 Å². The van der Waals surface area contributed by atoms with E-state index in [9.17, 15) is 0 Å². The van der Waals surface area contributed by atoms with E-state index in [2.05, 4.69) is 35.8 Å². The average molecular weight is 252 g/mol. The molecule has 0 amide bonds. The number of halogens is 1. The maximum atomic E-state index is 6.08. The van der Waals surface area contributed by atoms with Gasteiger partial charge < -0.3 is 5.32 Å². The number of nitrogens with one attached hydrogen (secondary N) is 1. The molecule has 0 radical (unpaired) electrons. The number of rotatable bonds is 3. The lowest BCUT2D eigenvalue weighted by molar-refractivity contribution is 0.905. The third kappa shape index (κ3) is 2.39. The predicted molar refractivity (Wildman–Crippen MR) is 72.5 cm³/mol. The van der Waals surface area contributed by atoms with Crippen LogP contribution >= 0.6 is 22.9 Å². The normalized spacial score (nSPS) is 12.4. The fourth-order valence-electron chi connectivity index (χ4n) is 1.61. The molecule has 1 unspecified atom stereocenters. The number of thiophene rings is 1. The summed E-state index contributed by atoms with van der Waals surface area (Å²) in [6, 6.07) is 10.5. The number of anilines is 1. The fourth-order valence-corrected chi connectivity index (χ4v) is 2.51. The Labute approximate surface area is 105 Å². The maximum absolute atomic E-state index is 6.08. The summed E-state index contributed by atoms with van der Waals surface area (Å²) < 4.78 is 0. The molecule has 1 aromatic heterocycles. The molecule has 0 saturated carbocycles. The van der Waals surface area contributed by atoms with Gasteiger partial charge in [-0.3, -0.25) is 0 Å². The first-order valence-electron chi connectivity index (χ1n) is 5.23. The van der Waals surface area contributed by atoms with Crippen LogP contribution in [-0.2, 0) is 0 Å². The highest BCUT2D eigenvalue weighted by molar-refractivity contribution is 7.10. The lowest BCUT2D eigenvalue weighted by atomic mass is 10.1. The lowest BCUT2D eigenvalue weighted by Gasteiger charge is -2.16. The average Bonchev–Trinajstić information content (AvgIpc) is 2.78. The van der Waals surface area contributed by atoms with Gasteiger partial charge in [-0.25, -0.2) is 0 Å². The van der Waals surface area contributed by atoms with Crippen LogP contribution in [0.25, 0.3) is 0 Å². The van der Waals surface area contributed by atoms with Crippen molar-refractivity contribution in [2.24, 2.45) is 0 Å². The third-order valence-electron chi connectivity index (χ3n) is 2.61. The molecule has 1 atom stereocenters. The van der Waals surface area contributed by atoms with Crippen molar-refractivity contribution in [3.8, 4) is 0 Å². The molecule has 1 aromatic carbocycles. The highest BCUT2D eigenvalue weighted by Crippen LogP contribution is 2.28. The molecule has 0 saturated heterocycles. The van der Waals surface area contributed by atoms with Crippen LogP contribution in [0.2, 0.25) is 5.02 Å². The Hall–Kier alpha value is -0.990. The van der Waals surface area contributed by atoms with Gasteiger partial charge in [0.25, 0.3) is 0 Å². The fraction of sp³-hybridized carbons (Fsp3) is 0.231. The Balaban J connectivity index is 2.18. The zero-order valence-corrected chi connectivity index (χ0v) is 10.9. The Bertz CT molecular complexity index is 465. The zero-order chi connectivity index (χ0) is 11.5. The van der Waals surface area contributed by atoms with Gasteiger partial charge in [-0.2, -0.15) is 0 Å². The van der Waals surface area contributed by atoms with E-state index < -0.39 is 0 Å². The Kier molecular flexibility index (Phi) is 3.52. The van der Waals surface area contributed by atoms with Crippen molar-refractivity contribution in [3.63, 3.8) is 0 Å². The van der Waals surface area contributed by atoms with Gasteiger partial charge in [0.2, 0.25) is 0 Å². The first kappa shape index (κ1) is 11.5. The molecule has 0 fully saturated rings. The molecular weight excluding hydrogens is 238 g/mol. The van der Waals surface area contributed by atoms with Crippen LogP contribution in [-0.4, -0.2) is 0 Å². The molecule has 2 rings (SSSR count). The summed E-state index contributed by atoms with van der Waals surface area (Å²) in [7, 11) is 0. The van der Waals surface area contributed by atoms with E-state index in [0.717, 1.165) is 16.3 Å². The summed E-state index contributed by atoms with van der Waals surface area (Å²) >= 11 is 7.85. The van der Waals surface area contributed by atoms with E-state index in [4.69, 9.17) is 11.6 Å². The van der Waals surface area contributed by atoms with E-state index in [1.165, 1.54) is 4.88 Å². The number of hydrogen-bond donors (Lipinski definition) is 1. The minimum absolute atomic E-state index is 0.317. The highest BCUT2D eigenvalue weighted by Gasteiger charge is 2.08. The molecule has 0 aliphatic carbocycles. The van der Waals surface area contributed by atoms with Gasteiger partial charge in [-0.05, 0) is 43.0 Å². The molecule has 0 aliphatic heterocycles. The molecule has 0 aliphatic rings. The molecule has 3 heteroatoms. The second-order valence-electron chi connectivity index (χ2n) is 3.79. The molecule has 1 heterocycles. The van der Waals surface area contributed by atoms with E-state index in [1.54, 1.807) is 11.3 Å². The van der Waals surface area contributed by atoms with Crippen LogP contribution < -0.4 is 5.32 Å². The van der Waals surface area contributed by atoms with Gasteiger partial charge in [-0.15, -0.1) is 11.3 Å². The van der Waals surface area contributed by atoms with Gasteiger partial charge in [-0.1, -0.05) is 23.7 Å². The molecule has 84 valence electrons. The SMILES string of the molecule is Cc1c(Cl)cccc1NC(C)c1cccs1. The summed E-state index contributed by atoms with van der Waals surface area (Å²) in [5.74, 6) is 0. The standard InChI is InChI=1S/C13H14ClNS/c1-9-11(14)5-3-6-12(9)15-10(2)13-7-4-8-16-13/h3-8,10,15H,1-2H3. The first-order valence-corrected chi connectivity index (χ1v) is 6.49. The van der Waals surface area contributed by atoms with Crippen molar-refractivity contribution in [2.75, 3.05) is 5.32 Å². The molecule has 2 aromatic rings. The van der Waals surface area contributed by atoms with Crippen LogP contribution in [0.4, 0.5) is 5.69 Å². The third-order valence-corrected chi connectivity index (χ3v) is 4.07. The van der Waals surface area contributed by atoms with Crippen molar-refractivity contribution < 1.29 is 0 Å². The van der Waals surface area contributed by atoms with Gasteiger partial charge in [0, 0.05) is 15.6 Å². The first-order chi connectivity index (χ1) is 7.68. The van der Waals surface area contributed by atoms with Crippen molar-refractivity contribution in [2.45, 2.75) is 19.9 Å². The van der Waals surface area contributed by atoms with E-state index in [-0.39, 0.29) is 0 Å². The second kappa shape index (κ2) is 4.89.